The lowest BCUT2D eigenvalue weighted by Gasteiger charge is -2.12. The predicted molar refractivity (Wildman–Crippen MR) is 111 cm³/mol. The van der Waals surface area contributed by atoms with Crippen molar-refractivity contribution in [1.29, 1.82) is 0 Å². The molecule has 1 heterocycles. The van der Waals surface area contributed by atoms with Gasteiger partial charge in [-0.2, -0.15) is 0 Å². The third kappa shape index (κ3) is 5.48. The van der Waals surface area contributed by atoms with Crippen LogP contribution in [-0.2, 0) is 14.8 Å². The normalized spacial score (nSPS) is 13.6. The van der Waals surface area contributed by atoms with Crippen molar-refractivity contribution >= 4 is 21.6 Å². The zero-order valence-corrected chi connectivity index (χ0v) is 17.5. The van der Waals surface area contributed by atoms with E-state index in [0.29, 0.717) is 31.1 Å². The van der Waals surface area contributed by atoms with E-state index in [1.54, 1.807) is 6.07 Å². The van der Waals surface area contributed by atoms with Crippen LogP contribution in [0.2, 0.25) is 0 Å². The van der Waals surface area contributed by atoms with Crippen LogP contribution in [0.3, 0.4) is 0 Å². The van der Waals surface area contributed by atoms with Gasteiger partial charge in [-0.15, -0.1) is 0 Å². The van der Waals surface area contributed by atoms with Gasteiger partial charge in [0, 0.05) is 31.1 Å². The van der Waals surface area contributed by atoms with Crippen molar-refractivity contribution in [2.75, 3.05) is 25.1 Å². The number of hydrogen-bond donors (Lipinski definition) is 2. The first kappa shape index (κ1) is 21.1. The summed E-state index contributed by atoms with van der Waals surface area (Å²) in [4.78, 5) is 12.3. The molecule has 0 saturated carbocycles. The van der Waals surface area contributed by atoms with Gasteiger partial charge in [0.15, 0.2) is 11.5 Å². The summed E-state index contributed by atoms with van der Waals surface area (Å²) < 4.78 is 38.6. The van der Waals surface area contributed by atoms with E-state index in [2.05, 4.69) is 10.0 Å². The number of hydrogen-bond acceptors (Lipinski definition) is 5. The average Bonchev–Trinajstić information content (AvgIpc) is 2.94. The third-order valence-electron chi connectivity index (χ3n) is 4.78. The molecule has 2 N–H and O–H groups in total. The molecule has 3 rings (SSSR count). The van der Waals surface area contributed by atoms with Crippen LogP contribution in [0, 0.1) is 13.8 Å². The van der Waals surface area contributed by atoms with Gasteiger partial charge in [0.1, 0.15) is 0 Å². The highest BCUT2D eigenvalue weighted by Crippen LogP contribution is 2.31. The Labute approximate surface area is 171 Å². The lowest BCUT2D eigenvalue weighted by atomic mass is 10.1. The van der Waals surface area contributed by atoms with E-state index < -0.39 is 10.0 Å². The molecule has 0 fully saturated rings. The average molecular weight is 419 g/mol. The number of carbonyl (C=O) groups excluding carboxylic acids is 1. The molecular formula is C21H26N2O5S. The SMILES string of the molecule is Cc1cccc(NC(=O)CCCNS(=O)(=O)c2ccc3c(c2)OCCCO3)c1C. The van der Waals surface area contributed by atoms with Gasteiger partial charge < -0.3 is 14.8 Å². The predicted octanol–water partition coefficient (Wildman–Crippen LogP) is 3.16. The molecule has 29 heavy (non-hydrogen) atoms. The van der Waals surface area contributed by atoms with Gasteiger partial charge in [0.2, 0.25) is 15.9 Å². The van der Waals surface area contributed by atoms with Crippen LogP contribution in [0.25, 0.3) is 0 Å². The highest BCUT2D eigenvalue weighted by molar-refractivity contribution is 7.89. The largest absolute Gasteiger partial charge is 0.490 e. The molecule has 0 bridgehead atoms. The van der Waals surface area contributed by atoms with E-state index >= 15 is 0 Å². The monoisotopic (exact) mass is 418 g/mol. The number of fused-ring (bicyclic) bond motifs is 1. The lowest BCUT2D eigenvalue weighted by Crippen LogP contribution is -2.26. The molecule has 2 aromatic rings. The van der Waals surface area contributed by atoms with Crippen molar-refractivity contribution < 1.29 is 22.7 Å². The van der Waals surface area contributed by atoms with Crippen molar-refractivity contribution in [1.82, 2.24) is 4.72 Å². The molecule has 0 aromatic heterocycles. The van der Waals surface area contributed by atoms with Gasteiger partial charge in [-0.05, 0) is 49.6 Å². The molecule has 156 valence electrons. The molecule has 7 nitrogen and oxygen atoms in total. The van der Waals surface area contributed by atoms with Crippen molar-refractivity contribution in [3.8, 4) is 11.5 Å². The quantitative estimate of drug-likeness (QED) is 0.674. The molecular weight excluding hydrogens is 392 g/mol. The maximum Gasteiger partial charge on any atom is 0.240 e. The number of carbonyl (C=O) groups is 1. The van der Waals surface area contributed by atoms with E-state index in [9.17, 15) is 13.2 Å². The van der Waals surface area contributed by atoms with Gasteiger partial charge in [0.05, 0.1) is 18.1 Å². The fraction of sp³-hybridized carbons (Fsp3) is 0.381. The summed E-state index contributed by atoms with van der Waals surface area (Å²) in [6.07, 6.45) is 1.36. The number of rotatable bonds is 7. The van der Waals surface area contributed by atoms with E-state index in [0.717, 1.165) is 23.2 Å². The van der Waals surface area contributed by atoms with Crippen LogP contribution in [0.5, 0.6) is 11.5 Å². The Morgan fingerprint density at radius 2 is 1.83 bits per heavy atom. The maximum absolute atomic E-state index is 12.5. The Morgan fingerprint density at radius 3 is 2.62 bits per heavy atom. The minimum absolute atomic E-state index is 0.113. The number of benzene rings is 2. The number of sulfonamides is 1. The number of amides is 1. The van der Waals surface area contributed by atoms with Crippen LogP contribution >= 0.6 is 0 Å². The minimum Gasteiger partial charge on any atom is -0.490 e. The second-order valence-electron chi connectivity index (χ2n) is 6.96. The van der Waals surface area contributed by atoms with Gasteiger partial charge in [-0.3, -0.25) is 4.79 Å². The van der Waals surface area contributed by atoms with E-state index in [1.807, 2.05) is 32.0 Å². The Morgan fingerprint density at radius 1 is 1.07 bits per heavy atom. The second-order valence-corrected chi connectivity index (χ2v) is 8.72. The van der Waals surface area contributed by atoms with E-state index in [1.165, 1.54) is 12.1 Å². The number of ether oxygens (including phenoxy) is 2. The number of aryl methyl sites for hydroxylation is 1. The molecule has 1 aliphatic heterocycles. The highest BCUT2D eigenvalue weighted by Gasteiger charge is 2.18. The Bertz CT molecular complexity index is 989. The summed E-state index contributed by atoms with van der Waals surface area (Å²) in [7, 11) is -3.69. The van der Waals surface area contributed by atoms with Crippen molar-refractivity contribution in [2.45, 2.75) is 38.0 Å². The number of anilines is 1. The van der Waals surface area contributed by atoms with Gasteiger partial charge in [-0.1, -0.05) is 12.1 Å². The lowest BCUT2D eigenvalue weighted by molar-refractivity contribution is -0.116. The van der Waals surface area contributed by atoms with Crippen LogP contribution in [0.15, 0.2) is 41.3 Å². The first-order valence-electron chi connectivity index (χ1n) is 9.62. The Hall–Kier alpha value is -2.58. The summed E-state index contributed by atoms with van der Waals surface area (Å²) >= 11 is 0. The van der Waals surface area contributed by atoms with Crippen LogP contribution in [0.1, 0.15) is 30.4 Å². The fourth-order valence-corrected chi connectivity index (χ4v) is 4.04. The topological polar surface area (TPSA) is 93.7 Å². The Kier molecular flexibility index (Phi) is 6.76. The smallest absolute Gasteiger partial charge is 0.240 e. The standard InChI is InChI=1S/C21H26N2O5S/c1-15-6-3-7-18(16(15)2)23-21(24)8-4-11-22-29(25,26)17-9-10-19-20(14-17)28-13-5-12-27-19/h3,6-7,9-10,14,22H,4-5,8,11-13H2,1-2H3,(H,23,24). The van der Waals surface area contributed by atoms with Crippen LogP contribution in [0.4, 0.5) is 5.69 Å². The highest BCUT2D eigenvalue weighted by atomic mass is 32.2. The summed E-state index contributed by atoms with van der Waals surface area (Å²) in [6.45, 7) is 5.13. The van der Waals surface area contributed by atoms with Gasteiger partial charge >= 0.3 is 0 Å². The van der Waals surface area contributed by atoms with E-state index in [4.69, 9.17) is 9.47 Å². The van der Waals surface area contributed by atoms with E-state index in [-0.39, 0.29) is 23.8 Å². The molecule has 0 atom stereocenters. The van der Waals surface area contributed by atoms with Crippen molar-refractivity contribution in [2.24, 2.45) is 0 Å². The van der Waals surface area contributed by atoms with Crippen LogP contribution < -0.4 is 19.5 Å². The molecule has 0 spiro atoms. The third-order valence-corrected chi connectivity index (χ3v) is 6.24. The zero-order chi connectivity index (χ0) is 20.9. The molecule has 1 amide bonds. The molecule has 0 aliphatic carbocycles. The van der Waals surface area contributed by atoms with Crippen molar-refractivity contribution in [3.05, 3.63) is 47.5 Å². The zero-order valence-electron chi connectivity index (χ0n) is 16.7. The van der Waals surface area contributed by atoms with Crippen molar-refractivity contribution in [3.63, 3.8) is 0 Å². The molecule has 0 radical (unpaired) electrons. The summed E-state index contributed by atoms with van der Waals surface area (Å²) in [5.74, 6) is 0.830. The van der Waals surface area contributed by atoms with Crippen LogP contribution in [-0.4, -0.2) is 34.1 Å². The van der Waals surface area contributed by atoms with Gasteiger partial charge in [0.25, 0.3) is 0 Å². The summed E-state index contributed by atoms with van der Waals surface area (Å²) in [5.41, 5.74) is 2.91. The number of nitrogens with one attached hydrogen (secondary N) is 2. The molecule has 0 saturated heterocycles. The second kappa shape index (κ2) is 9.28. The molecule has 0 unspecified atom stereocenters. The van der Waals surface area contributed by atoms with Gasteiger partial charge in [-0.25, -0.2) is 13.1 Å². The minimum atomic E-state index is -3.69. The molecule has 1 aliphatic rings. The fourth-order valence-electron chi connectivity index (χ4n) is 2.95. The first-order valence-corrected chi connectivity index (χ1v) is 11.1. The molecule has 8 heteroatoms. The maximum atomic E-state index is 12.5. The molecule has 2 aromatic carbocycles. The first-order chi connectivity index (χ1) is 13.9. The summed E-state index contributed by atoms with van der Waals surface area (Å²) in [5, 5.41) is 2.87. The summed E-state index contributed by atoms with van der Waals surface area (Å²) in [6, 6.07) is 10.3. The Balaban J connectivity index is 1.51.